The highest BCUT2D eigenvalue weighted by atomic mass is 19.1. The number of carbonyl (C=O) groups excluding carboxylic acids is 2. The molecule has 2 aromatic carbocycles. The number of morpholine rings is 1. The van der Waals surface area contributed by atoms with Crippen molar-refractivity contribution in [2.45, 2.75) is 13.0 Å². The number of amides is 2. The zero-order chi connectivity index (χ0) is 24.8. The minimum Gasteiger partial charge on any atom is -0.379 e. The van der Waals surface area contributed by atoms with Crippen LogP contribution >= 0.6 is 0 Å². The third kappa shape index (κ3) is 4.02. The molecule has 184 valence electrons. The number of likely N-dealkylation sites (tertiary alicyclic amines) is 1. The molecular formula is C28H27FN4O3. The fourth-order valence-electron chi connectivity index (χ4n) is 5.29. The monoisotopic (exact) mass is 486 g/mol. The highest BCUT2D eigenvalue weighted by molar-refractivity contribution is 6.36. The quantitative estimate of drug-likeness (QED) is 0.551. The lowest BCUT2D eigenvalue weighted by Gasteiger charge is -2.46. The minimum absolute atomic E-state index is 0.0484. The van der Waals surface area contributed by atoms with Crippen LogP contribution in [0, 0.1) is 12.7 Å². The number of halogens is 1. The number of ether oxygens (including phenoxy) is 1. The Labute approximate surface area is 208 Å². The number of anilines is 1. The Balaban J connectivity index is 1.31. The van der Waals surface area contributed by atoms with E-state index in [4.69, 9.17) is 4.74 Å². The van der Waals surface area contributed by atoms with Gasteiger partial charge in [0.1, 0.15) is 5.82 Å². The second-order valence-corrected chi connectivity index (χ2v) is 9.54. The number of H-pyrrole nitrogens is 1. The predicted molar refractivity (Wildman–Crippen MR) is 136 cm³/mol. The molecule has 3 aliphatic heterocycles. The first kappa shape index (κ1) is 22.7. The zero-order valence-electron chi connectivity index (χ0n) is 20.0. The highest BCUT2D eigenvalue weighted by Gasteiger charge is 2.37. The summed E-state index contributed by atoms with van der Waals surface area (Å²) in [4.78, 5) is 33.9. The smallest absolute Gasteiger partial charge is 0.256 e. The minimum atomic E-state index is -0.342. The Hall–Kier alpha value is -3.75. The van der Waals surface area contributed by atoms with Crippen LogP contribution in [0.15, 0.2) is 48.5 Å². The van der Waals surface area contributed by atoms with Gasteiger partial charge < -0.3 is 19.9 Å². The maximum absolute atomic E-state index is 14.0. The third-order valence-electron chi connectivity index (χ3n) is 7.18. The summed E-state index contributed by atoms with van der Waals surface area (Å²) in [6.07, 6.45) is 1.74. The molecule has 2 saturated heterocycles. The van der Waals surface area contributed by atoms with E-state index in [1.54, 1.807) is 12.1 Å². The van der Waals surface area contributed by atoms with Gasteiger partial charge >= 0.3 is 0 Å². The van der Waals surface area contributed by atoms with Crippen LogP contribution < -0.4 is 5.32 Å². The summed E-state index contributed by atoms with van der Waals surface area (Å²) < 4.78 is 19.4. The molecule has 6 rings (SSSR count). The summed E-state index contributed by atoms with van der Waals surface area (Å²) in [6, 6.07) is 14.1. The van der Waals surface area contributed by atoms with Crippen molar-refractivity contribution in [1.29, 1.82) is 0 Å². The Kier molecular flexibility index (Phi) is 5.70. The van der Waals surface area contributed by atoms with E-state index in [0.29, 0.717) is 52.8 Å². The molecule has 0 unspecified atom stereocenters. The molecule has 0 bridgehead atoms. The van der Waals surface area contributed by atoms with Crippen LogP contribution in [0.1, 0.15) is 27.3 Å². The van der Waals surface area contributed by atoms with Gasteiger partial charge in [-0.25, -0.2) is 4.39 Å². The van der Waals surface area contributed by atoms with E-state index in [-0.39, 0.29) is 17.6 Å². The normalized spacial score (nSPS) is 19.3. The van der Waals surface area contributed by atoms with Crippen LogP contribution in [0.2, 0.25) is 0 Å². The summed E-state index contributed by atoms with van der Waals surface area (Å²) in [7, 11) is 0. The number of aromatic amines is 1. The molecule has 0 atom stereocenters. The molecule has 3 aliphatic rings. The Morgan fingerprint density at radius 1 is 1.11 bits per heavy atom. The topological polar surface area (TPSA) is 77.7 Å². The number of hydrogen-bond acceptors (Lipinski definition) is 4. The number of carbonyl (C=O) groups is 2. The first-order valence-corrected chi connectivity index (χ1v) is 12.2. The van der Waals surface area contributed by atoms with Crippen molar-refractivity contribution in [3.05, 3.63) is 76.9 Å². The van der Waals surface area contributed by atoms with Gasteiger partial charge in [-0.2, -0.15) is 0 Å². The summed E-state index contributed by atoms with van der Waals surface area (Å²) in [5.74, 6) is -0.644. The fraction of sp³-hybridized carbons (Fsp3) is 0.286. The van der Waals surface area contributed by atoms with Gasteiger partial charge in [-0.15, -0.1) is 0 Å². The number of nitrogens with one attached hydrogen (secondary N) is 2. The summed E-state index contributed by atoms with van der Waals surface area (Å²) in [6.45, 7) is 6.54. The highest BCUT2D eigenvalue weighted by Crippen LogP contribution is 2.40. The van der Waals surface area contributed by atoms with Gasteiger partial charge in [0.05, 0.1) is 30.0 Å². The van der Waals surface area contributed by atoms with Gasteiger partial charge in [-0.05, 0) is 48.4 Å². The lowest BCUT2D eigenvalue weighted by Crippen LogP contribution is -2.62. The van der Waals surface area contributed by atoms with E-state index in [2.05, 4.69) is 15.2 Å². The molecule has 36 heavy (non-hydrogen) atoms. The van der Waals surface area contributed by atoms with Gasteiger partial charge in [-0.1, -0.05) is 24.3 Å². The molecule has 2 fully saturated rings. The van der Waals surface area contributed by atoms with E-state index < -0.39 is 0 Å². The lowest BCUT2D eigenvalue weighted by molar-refractivity contribution is -0.110. The van der Waals surface area contributed by atoms with Gasteiger partial charge in [0.2, 0.25) is 0 Å². The van der Waals surface area contributed by atoms with Gasteiger partial charge in [-0.3, -0.25) is 14.5 Å². The molecule has 1 aromatic heterocycles. The summed E-state index contributed by atoms with van der Waals surface area (Å²) >= 11 is 0. The van der Waals surface area contributed by atoms with Crippen LogP contribution in [-0.2, 0) is 9.53 Å². The zero-order valence-corrected chi connectivity index (χ0v) is 20.0. The van der Waals surface area contributed by atoms with Crippen LogP contribution in [-0.4, -0.2) is 72.0 Å². The molecule has 7 nitrogen and oxygen atoms in total. The van der Waals surface area contributed by atoms with Crippen molar-refractivity contribution >= 4 is 29.2 Å². The second kappa shape index (κ2) is 9.04. The average Bonchev–Trinajstić information content (AvgIpc) is 3.37. The summed E-state index contributed by atoms with van der Waals surface area (Å²) in [5.41, 5.74) is 5.23. The molecular weight excluding hydrogens is 459 g/mol. The fourth-order valence-corrected chi connectivity index (χ4v) is 5.29. The third-order valence-corrected chi connectivity index (χ3v) is 7.18. The van der Waals surface area contributed by atoms with Crippen molar-refractivity contribution in [2.24, 2.45) is 0 Å². The number of benzene rings is 2. The van der Waals surface area contributed by atoms with Crippen molar-refractivity contribution in [3.63, 3.8) is 0 Å². The SMILES string of the molecule is Cc1cc(C(=O)N2CC(N3CCOCC3)C2)c(/C=C2\C(=O)Nc3cccc(-c4cccc(F)c4)c32)[nH]1. The maximum atomic E-state index is 14.0. The molecule has 2 N–H and O–H groups in total. The molecule has 0 saturated carbocycles. The molecule has 8 heteroatoms. The van der Waals surface area contributed by atoms with Crippen LogP contribution in [0.3, 0.4) is 0 Å². The second-order valence-electron chi connectivity index (χ2n) is 9.54. The maximum Gasteiger partial charge on any atom is 0.256 e. The number of nitrogens with zero attached hydrogens (tertiary/aromatic N) is 2. The molecule has 4 heterocycles. The average molecular weight is 487 g/mol. The predicted octanol–water partition coefficient (Wildman–Crippen LogP) is 3.78. The lowest BCUT2D eigenvalue weighted by atomic mass is 9.94. The van der Waals surface area contributed by atoms with Crippen molar-refractivity contribution in [1.82, 2.24) is 14.8 Å². The summed E-state index contributed by atoms with van der Waals surface area (Å²) in [5, 5.41) is 2.91. The van der Waals surface area contributed by atoms with Crippen LogP contribution in [0.25, 0.3) is 22.8 Å². The van der Waals surface area contributed by atoms with Crippen LogP contribution in [0.5, 0.6) is 0 Å². The van der Waals surface area contributed by atoms with E-state index in [1.165, 1.54) is 12.1 Å². The first-order valence-electron chi connectivity index (χ1n) is 12.2. The van der Waals surface area contributed by atoms with Crippen molar-refractivity contribution < 1.29 is 18.7 Å². The number of rotatable bonds is 4. The van der Waals surface area contributed by atoms with E-state index in [1.807, 2.05) is 42.2 Å². The molecule has 0 spiro atoms. The Bertz CT molecular complexity index is 1380. The number of hydrogen-bond donors (Lipinski definition) is 2. The standard InChI is InChI=1S/C28H27FN4O3/c1-17-12-22(28(35)33-15-20(16-33)32-8-10-36-11-9-32)25(30-17)14-23-26-21(18-4-2-5-19(29)13-18)6-3-7-24(26)31-27(23)34/h2-7,12-14,20,30H,8-11,15-16H2,1H3,(H,31,34)/b23-14-. The van der Waals surface area contributed by atoms with E-state index in [0.717, 1.165) is 37.6 Å². The first-order chi connectivity index (χ1) is 17.5. The van der Waals surface area contributed by atoms with E-state index in [9.17, 15) is 14.0 Å². The van der Waals surface area contributed by atoms with Gasteiger partial charge in [0.25, 0.3) is 11.8 Å². The Morgan fingerprint density at radius 2 is 1.89 bits per heavy atom. The Morgan fingerprint density at radius 3 is 2.67 bits per heavy atom. The van der Waals surface area contributed by atoms with Crippen LogP contribution in [0.4, 0.5) is 10.1 Å². The van der Waals surface area contributed by atoms with E-state index >= 15 is 0 Å². The molecule has 3 aromatic rings. The molecule has 0 aliphatic carbocycles. The number of aromatic nitrogens is 1. The van der Waals surface area contributed by atoms with Gasteiger partial charge in [0, 0.05) is 49.2 Å². The molecule has 0 radical (unpaired) electrons. The number of aryl methyl sites for hydroxylation is 1. The number of fused-ring (bicyclic) bond motifs is 1. The largest absolute Gasteiger partial charge is 0.379 e. The van der Waals surface area contributed by atoms with Crippen molar-refractivity contribution in [3.8, 4) is 11.1 Å². The van der Waals surface area contributed by atoms with Crippen molar-refractivity contribution in [2.75, 3.05) is 44.7 Å². The molecule has 2 amide bonds. The van der Waals surface area contributed by atoms with Gasteiger partial charge in [0.15, 0.2) is 0 Å².